The molecule has 1 nitrogen and oxygen atoms in total. The SMILES string of the molecule is CCC1(CC)CSc2ccccc2C(c2ccccc2)N1. The average Bonchev–Trinajstić information content (AvgIpc) is 2.74. The second-order valence-electron chi connectivity index (χ2n) is 5.80. The van der Waals surface area contributed by atoms with Crippen molar-refractivity contribution in [2.24, 2.45) is 0 Å². The van der Waals surface area contributed by atoms with Gasteiger partial charge in [0.1, 0.15) is 0 Å². The Hall–Kier alpha value is -1.25. The van der Waals surface area contributed by atoms with E-state index in [0.29, 0.717) is 0 Å². The highest BCUT2D eigenvalue weighted by Crippen LogP contribution is 2.39. The number of thioether (sulfide) groups is 1. The van der Waals surface area contributed by atoms with Gasteiger partial charge in [0.2, 0.25) is 0 Å². The molecule has 1 atom stereocenters. The molecule has 0 amide bonds. The van der Waals surface area contributed by atoms with Gasteiger partial charge in [-0.15, -0.1) is 11.8 Å². The van der Waals surface area contributed by atoms with E-state index in [4.69, 9.17) is 0 Å². The Balaban J connectivity index is 2.08. The highest BCUT2D eigenvalue weighted by Gasteiger charge is 2.34. The maximum absolute atomic E-state index is 3.98. The summed E-state index contributed by atoms with van der Waals surface area (Å²) in [5.74, 6) is 1.14. The zero-order valence-electron chi connectivity index (χ0n) is 12.8. The Labute approximate surface area is 132 Å². The van der Waals surface area contributed by atoms with E-state index < -0.39 is 0 Å². The maximum atomic E-state index is 3.98. The first-order chi connectivity index (χ1) is 10.3. The molecule has 2 aromatic carbocycles. The molecule has 3 rings (SSSR count). The van der Waals surface area contributed by atoms with Crippen molar-refractivity contribution in [2.75, 3.05) is 5.75 Å². The van der Waals surface area contributed by atoms with Gasteiger partial charge in [0.05, 0.1) is 6.04 Å². The Morgan fingerprint density at radius 1 is 1.00 bits per heavy atom. The van der Waals surface area contributed by atoms with Crippen LogP contribution in [0.5, 0.6) is 0 Å². The maximum Gasteiger partial charge on any atom is 0.0592 e. The molecule has 2 aromatic rings. The van der Waals surface area contributed by atoms with Gasteiger partial charge in [0.25, 0.3) is 0 Å². The fourth-order valence-electron chi connectivity index (χ4n) is 3.06. The van der Waals surface area contributed by atoms with Crippen LogP contribution >= 0.6 is 11.8 Å². The van der Waals surface area contributed by atoms with E-state index >= 15 is 0 Å². The van der Waals surface area contributed by atoms with E-state index in [-0.39, 0.29) is 11.6 Å². The predicted molar refractivity (Wildman–Crippen MR) is 91.9 cm³/mol. The Kier molecular flexibility index (Phi) is 4.37. The van der Waals surface area contributed by atoms with Crippen LogP contribution in [0.2, 0.25) is 0 Å². The van der Waals surface area contributed by atoms with Gasteiger partial charge in [0.15, 0.2) is 0 Å². The molecule has 0 bridgehead atoms. The monoisotopic (exact) mass is 297 g/mol. The third-order valence-corrected chi connectivity index (χ3v) is 6.05. The van der Waals surface area contributed by atoms with Gasteiger partial charge < -0.3 is 0 Å². The summed E-state index contributed by atoms with van der Waals surface area (Å²) in [7, 11) is 0. The predicted octanol–water partition coefficient (Wildman–Crippen LogP) is 5.03. The van der Waals surface area contributed by atoms with E-state index in [0.717, 1.165) is 18.6 Å². The van der Waals surface area contributed by atoms with Crippen molar-refractivity contribution >= 4 is 11.8 Å². The van der Waals surface area contributed by atoms with Crippen LogP contribution in [0.4, 0.5) is 0 Å². The minimum absolute atomic E-state index is 0.212. The fourth-order valence-corrected chi connectivity index (χ4v) is 4.51. The molecule has 0 saturated heterocycles. The van der Waals surface area contributed by atoms with Crippen LogP contribution in [0.25, 0.3) is 0 Å². The first-order valence-corrected chi connectivity index (χ1v) is 8.81. The number of hydrogen-bond acceptors (Lipinski definition) is 2. The molecule has 0 fully saturated rings. The Morgan fingerprint density at radius 3 is 2.38 bits per heavy atom. The van der Waals surface area contributed by atoms with Crippen LogP contribution in [0.3, 0.4) is 0 Å². The van der Waals surface area contributed by atoms with Crippen LogP contribution in [0, 0.1) is 0 Å². The highest BCUT2D eigenvalue weighted by atomic mass is 32.2. The number of fused-ring (bicyclic) bond motifs is 1. The Morgan fingerprint density at radius 2 is 1.67 bits per heavy atom. The number of hydrogen-bond donors (Lipinski definition) is 1. The van der Waals surface area contributed by atoms with E-state index in [1.54, 1.807) is 0 Å². The van der Waals surface area contributed by atoms with Gasteiger partial charge in [0, 0.05) is 16.2 Å². The molecule has 1 unspecified atom stereocenters. The van der Waals surface area contributed by atoms with E-state index in [1.807, 2.05) is 11.8 Å². The molecule has 1 heterocycles. The quantitative estimate of drug-likeness (QED) is 0.852. The van der Waals surface area contributed by atoms with Gasteiger partial charge in [-0.3, -0.25) is 5.32 Å². The van der Waals surface area contributed by atoms with E-state index in [2.05, 4.69) is 73.8 Å². The summed E-state index contributed by atoms with van der Waals surface area (Å²) >= 11 is 2.00. The molecule has 0 radical (unpaired) electrons. The molecule has 0 aromatic heterocycles. The van der Waals surface area contributed by atoms with Gasteiger partial charge in [-0.1, -0.05) is 62.4 Å². The lowest BCUT2D eigenvalue weighted by atomic mass is 9.90. The number of benzene rings is 2. The minimum Gasteiger partial charge on any atom is -0.300 e. The van der Waals surface area contributed by atoms with Crippen molar-refractivity contribution in [2.45, 2.75) is 43.2 Å². The van der Waals surface area contributed by atoms with Crippen LogP contribution < -0.4 is 5.32 Å². The molecule has 1 aliphatic rings. The van der Waals surface area contributed by atoms with E-state index in [9.17, 15) is 0 Å². The van der Waals surface area contributed by atoms with Crippen molar-refractivity contribution in [3.63, 3.8) is 0 Å². The lowest BCUT2D eigenvalue weighted by molar-refractivity contribution is 0.316. The third kappa shape index (κ3) is 2.88. The van der Waals surface area contributed by atoms with Crippen molar-refractivity contribution in [3.05, 3.63) is 65.7 Å². The summed E-state index contributed by atoms with van der Waals surface area (Å²) in [6, 6.07) is 20.0. The van der Waals surface area contributed by atoms with E-state index in [1.165, 1.54) is 16.0 Å². The topological polar surface area (TPSA) is 12.0 Å². The smallest absolute Gasteiger partial charge is 0.0592 e. The average molecular weight is 297 g/mol. The van der Waals surface area contributed by atoms with Crippen LogP contribution in [-0.2, 0) is 0 Å². The first-order valence-electron chi connectivity index (χ1n) is 7.82. The van der Waals surface area contributed by atoms with Crippen LogP contribution in [-0.4, -0.2) is 11.3 Å². The molecule has 0 saturated carbocycles. The molecular formula is C19H23NS. The standard InChI is InChI=1S/C19H23NS/c1-3-19(4-2)14-21-17-13-9-8-12-16(17)18(20-19)15-10-6-5-7-11-15/h5-13,18,20H,3-4,14H2,1-2H3. The number of rotatable bonds is 3. The molecule has 21 heavy (non-hydrogen) atoms. The minimum atomic E-state index is 0.212. The summed E-state index contributed by atoms with van der Waals surface area (Å²) in [6.45, 7) is 4.60. The highest BCUT2D eigenvalue weighted by molar-refractivity contribution is 7.99. The first kappa shape index (κ1) is 14.7. The lowest BCUT2D eigenvalue weighted by Crippen LogP contribution is -2.47. The third-order valence-electron chi connectivity index (χ3n) is 4.67. The summed E-state index contributed by atoms with van der Waals surface area (Å²) in [5.41, 5.74) is 2.99. The molecule has 0 spiro atoms. The molecule has 110 valence electrons. The zero-order chi connectivity index (χ0) is 14.7. The van der Waals surface area contributed by atoms with Gasteiger partial charge >= 0.3 is 0 Å². The lowest BCUT2D eigenvalue weighted by Gasteiger charge is -2.35. The van der Waals surface area contributed by atoms with Crippen molar-refractivity contribution in [1.29, 1.82) is 0 Å². The van der Waals surface area contributed by atoms with Crippen LogP contribution in [0.1, 0.15) is 43.9 Å². The molecule has 2 heteroatoms. The van der Waals surface area contributed by atoms with Gasteiger partial charge in [-0.2, -0.15) is 0 Å². The molecule has 1 aliphatic heterocycles. The summed E-state index contributed by atoms with van der Waals surface area (Å²) in [5, 5.41) is 3.98. The van der Waals surface area contributed by atoms with Crippen molar-refractivity contribution in [1.82, 2.24) is 5.32 Å². The fraction of sp³-hybridized carbons (Fsp3) is 0.368. The number of nitrogens with one attached hydrogen (secondary N) is 1. The van der Waals surface area contributed by atoms with Crippen molar-refractivity contribution in [3.8, 4) is 0 Å². The van der Waals surface area contributed by atoms with Gasteiger partial charge in [-0.25, -0.2) is 0 Å². The summed E-state index contributed by atoms with van der Waals surface area (Å²) in [6.07, 6.45) is 2.32. The second kappa shape index (κ2) is 6.25. The molecule has 1 N–H and O–H groups in total. The van der Waals surface area contributed by atoms with Crippen molar-refractivity contribution < 1.29 is 0 Å². The second-order valence-corrected chi connectivity index (χ2v) is 6.82. The molecule has 0 aliphatic carbocycles. The Bertz CT molecular complexity index is 590. The summed E-state index contributed by atoms with van der Waals surface area (Å²) < 4.78 is 0. The molecular weight excluding hydrogens is 274 g/mol. The zero-order valence-corrected chi connectivity index (χ0v) is 13.6. The normalized spacial score (nSPS) is 20.6. The largest absolute Gasteiger partial charge is 0.300 e. The van der Waals surface area contributed by atoms with Gasteiger partial charge in [-0.05, 0) is 30.0 Å². The van der Waals surface area contributed by atoms with Crippen LogP contribution in [0.15, 0.2) is 59.5 Å². The summed E-state index contributed by atoms with van der Waals surface area (Å²) in [4.78, 5) is 1.42.